The number of benzene rings is 2. The van der Waals surface area contributed by atoms with Gasteiger partial charge in [0.2, 0.25) is 5.91 Å². The molecule has 5 nitrogen and oxygen atoms in total. The second-order valence-corrected chi connectivity index (χ2v) is 7.98. The number of anilines is 1. The van der Waals surface area contributed by atoms with Crippen molar-refractivity contribution in [1.29, 1.82) is 0 Å². The lowest BCUT2D eigenvalue weighted by molar-refractivity contribution is -0.116. The summed E-state index contributed by atoms with van der Waals surface area (Å²) < 4.78 is 2.74. The number of aryl methyl sites for hydroxylation is 1. The van der Waals surface area contributed by atoms with Gasteiger partial charge in [-0.05, 0) is 31.2 Å². The number of nitrogens with one attached hydrogen (secondary N) is 1. The molecule has 2 aromatic carbocycles. The second-order valence-electron chi connectivity index (χ2n) is 6.13. The van der Waals surface area contributed by atoms with E-state index in [2.05, 4.69) is 10.3 Å². The molecule has 7 heteroatoms. The third-order valence-corrected chi connectivity index (χ3v) is 6.22. The average Bonchev–Trinajstić information content (AvgIpc) is 3.24. The zero-order valence-electron chi connectivity index (χ0n) is 14.6. The number of fused-ring (bicyclic) bond motifs is 1. The number of hydrogen-bond donors (Lipinski definition) is 1. The van der Waals surface area contributed by atoms with Crippen LogP contribution in [0, 0.1) is 6.92 Å². The van der Waals surface area contributed by atoms with E-state index in [9.17, 15) is 9.59 Å². The summed E-state index contributed by atoms with van der Waals surface area (Å²) in [4.78, 5) is 28.9. The van der Waals surface area contributed by atoms with E-state index in [-0.39, 0.29) is 17.2 Å². The number of carbonyl (C=O) groups is 1. The van der Waals surface area contributed by atoms with Crippen LogP contribution in [-0.2, 0) is 11.3 Å². The summed E-state index contributed by atoms with van der Waals surface area (Å²) in [6.45, 7) is 2.25. The maximum atomic E-state index is 12.4. The largest absolute Gasteiger partial charge is 0.325 e. The highest BCUT2D eigenvalue weighted by molar-refractivity contribution is 7.21. The maximum absolute atomic E-state index is 12.4. The maximum Gasteiger partial charge on any atom is 0.307 e. The molecule has 0 spiro atoms. The molecule has 0 saturated carbocycles. The number of hydrogen-bond acceptors (Lipinski definition) is 5. The lowest BCUT2D eigenvalue weighted by Gasteiger charge is -2.10. The van der Waals surface area contributed by atoms with Crippen LogP contribution in [0.5, 0.6) is 0 Å². The molecular formula is C20H17N3O2S2. The van der Waals surface area contributed by atoms with Gasteiger partial charge in [-0.3, -0.25) is 9.59 Å². The lowest BCUT2D eigenvalue weighted by Crippen LogP contribution is -2.20. The molecule has 136 valence electrons. The standard InChI is InChI=1S/C20H17N3O2S2/c1-13-12-26-20(25)23(13)11-10-18(24)21-15-7-3-2-6-14(15)19-22-16-8-4-5-9-17(16)27-19/h2-9,12H,10-11H2,1H3,(H,21,24). The van der Waals surface area contributed by atoms with Gasteiger partial charge in [-0.2, -0.15) is 0 Å². The van der Waals surface area contributed by atoms with Gasteiger partial charge in [0, 0.05) is 29.6 Å². The van der Waals surface area contributed by atoms with E-state index in [0.717, 1.165) is 43.5 Å². The Morgan fingerprint density at radius 2 is 1.93 bits per heavy atom. The van der Waals surface area contributed by atoms with Crippen LogP contribution in [0.1, 0.15) is 12.1 Å². The van der Waals surface area contributed by atoms with Crippen molar-refractivity contribution in [1.82, 2.24) is 9.55 Å². The van der Waals surface area contributed by atoms with Gasteiger partial charge in [0.25, 0.3) is 0 Å². The molecule has 0 fully saturated rings. The first-order valence-electron chi connectivity index (χ1n) is 8.51. The van der Waals surface area contributed by atoms with E-state index in [1.165, 1.54) is 0 Å². The summed E-state index contributed by atoms with van der Waals surface area (Å²) in [5.41, 5.74) is 3.46. The predicted molar refractivity (Wildman–Crippen MR) is 112 cm³/mol. The number of rotatable bonds is 5. The van der Waals surface area contributed by atoms with Gasteiger partial charge in [0.1, 0.15) is 5.01 Å². The number of aromatic nitrogens is 2. The minimum absolute atomic E-state index is 0.0322. The minimum Gasteiger partial charge on any atom is -0.325 e. The van der Waals surface area contributed by atoms with E-state index in [0.29, 0.717) is 6.54 Å². The number of para-hydroxylation sites is 2. The van der Waals surface area contributed by atoms with Crippen LogP contribution >= 0.6 is 22.7 Å². The summed E-state index contributed by atoms with van der Waals surface area (Å²) in [6.07, 6.45) is 0.242. The monoisotopic (exact) mass is 395 g/mol. The van der Waals surface area contributed by atoms with Crippen molar-refractivity contribution >= 4 is 44.5 Å². The molecule has 0 unspecified atom stereocenters. The van der Waals surface area contributed by atoms with E-state index in [1.54, 1.807) is 15.9 Å². The van der Waals surface area contributed by atoms with Crippen molar-refractivity contribution in [2.24, 2.45) is 0 Å². The Hall–Kier alpha value is -2.77. The van der Waals surface area contributed by atoms with Gasteiger partial charge in [0.05, 0.1) is 15.9 Å². The highest BCUT2D eigenvalue weighted by Crippen LogP contribution is 2.34. The molecule has 0 aliphatic carbocycles. The molecule has 0 atom stereocenters. The zero-order valence-corrected chi connectivity index (χ0v) is 16.3. The summed E-state index contributed by atoms with van der Waals surface area (Å²) in [6, 6.07) is 15.6. The molecule has 2 heterocycles. The molecular weight excluding hydrogens is 378 g/mol. The Labute approximate surface area is 163 Å². The minimum atomic E-state index is -0.124. The normalized spacial score (nSPS) is 11.0. The van der Waals surface area contributed by atoms with Crippen LogP contribution in [0.4, 0.5) is 5.69 Å². The summed E-state index contributed by atoms with van der Waals surface area (Å²) in [7, 11) is 0. The van der Waals surface area contributed by atoms with E-state index in [1.807, 2.05) is 60.8 Å². The predicted octanol–water partition coefficient (Wildman–Crippen LogP) is 4.52. The highest BCUT2D eigenvalue weighted by atomic mass is 32.1. The Morgan fingerprint density at radius 3 is 2.70 bits per heavy atom. The van der Waals surface area contributed by atoms with E-state index < -0.39 is 0 Å². The van der Waals surface area contributed by atoms with Crippen LogP contribution in [0.2, 0.25) is 0 Å². The molecule has 1 amide bonds. The van der Waals surface area contributed by atoms with E-state index in [4.69, 9.17) is 0 Å². The first-order chi connectivity index (χ1) is 13.1. The number of thiazole rings is 2. The molecule has 0 aliphatic rings. The number of carbonyl (C=O) groups excluding carboxylic acids is 1. The van der Waals surface area contributed by atoms with Crippen molar-refractivity contribution in [3.05, 3.63) is 69.3 Å². The van der Waals surface area contributed by atoms with Crippen molar-refractivity contribution in [2.75, 3.05) is 5.32 Å². The molecule has 0 radical (unpaired) electrons. The second kappa shape index (κ2) is 7.46. The van der Waals surface area contributed by atoms with Crippen LogP contribution in [0.3, 0.4) is 0 Å². The third kappa shape index (κ3) is 3.70. The molecule has 4 aromatic rings. The molecule has 0 saturated heterocycles. The quantitative estimate of drug-likeness (QED) is 0.540. The Morgan fingerprint density at radius 1 is 1.15 bits per heavy atom. The average molecular weight is 396 g/mol. The number of amides is 1. The van der Waals surface area contributed by atoms with Crippen LogP contribution in [-0.4, -0.2) is 15.5 Å². The lowest BCUT2D eigenvalue weighted by atomic mass is 10.2. The fraction of sp³-hybridized carbons (Fsp3) is 0.150. The molecule has 0 bridgehead atoms. The first kappa shape index (κ1) is 17.6. The Kier molecular flexibility index (Phi) is 4.87. The molecule has 0 aliphatic heterocycles. The van der Waals surface area contributed by atoms with Crippen molar-refractivity contribution in [2.45, 2.75) is 19.9 Å². The van der Waals surface area contributed by atoms with Gasteiger partial charge in [-0.15, -0.1) is 11.3 Å². The Bertz CT molecular complexity index is 1140. The molecule has 4 rings (SSSR count). The van der Waals surface area contributed by atoms with Gasteiger partial charge in [-0.1, -0.05) is 35.6 Å². The topological polar surface area (TPSA) is 64.0 Å². The van der Waals surface area contributed by atoms with Gasteiger partial charge >= 0.3 is 4.87 Å². The highest BCUT2D eigenvalue weighted by Gasteiger charge is 2.13. The molecule has 2 aromatic heterocycles. The van der Waals surface area contributed by atoms with Crippen molar-refractivity contribution in [3.8, 4) is 10.6 Å². The van der Waals surface area contributed by atoms with Crippen molar-refractivity contribution in [3.63, 3.8) is 0 Å². The summed E-state index contributed by atoms with van der Waals surface area (Å²) in [5.74, 6) is -0.124. The first-order valence-corrected chi connectivity index (χ1v) is 10.2. The fourth-order valence-electron chi connectivity index (χ4n) is 2.87. The summed E-state index contributed by atoms with van der Waals surface area (Å²) in [5, 5.41) is 5.65. The van der Waals surface area contributed by atoms with Crippen molar-refractivity contribution < 1.29 is 4.79 Å². The molecule has 27 heavy (non-hydrogen) atoms. The fourth-order valence-corrected chi connectivity index (χ4v) is 4.63. The summed E-state index contributed by atoms with van der Waals surface area (Å²) >= 11 is 2.76. The third-order valence-electron chi connectivity index (χ3n) is 4.26. The van der Waals surface area contributed by atoms with E-state index >= 15 is 0 Å². The number of nitrogens with zero attached hydrogens (tertiary/aromatic N) is 2. The van der Waals surface area contributed by atoms with Gasteiger partial charge in [0.15, 0.2) is 0 Å². The van der Waals surface area contributed by atoms with Gasteiger partial charge in [-0.25, -0.2) is 4.98 Å². The van der Waals surface area contributed by atoms with Gasteiger partial charge < -0.3 is 9.88 Å². The Balaban J connectivity index is 1.54. The van der Waals surface area contributed by atoms with Crippen LogP contribution in [0.15, 0.2) is 58.7 Å². The smallest absolute Gasteiger partial charge is 0.307 e. The molecule has 1 N–H and O–H groups in total. The van der Waals surface area contributed by atoms with Crippen LogP contribution in [0.25, 0.3) is 20.8 Å². The zero-order chi connectivity index (χ0) is 18.8. The van der Waals surface area contributed by atoms with Crippen LogP contribution < -0.4 is 10.2 Å². The SMILES string of the molecule is Cc1csc(=O)n1CCC(=O)Nc1ccccc1-c1nc2ccccc2s1.